The number of hydrogen-bond acceptors (Lipinski definition) is 16. The number of aliphatic hydroxyl groups is 4. The normalized spacial score (nSPS) is 30.2. The number of phenols is 1. The molecule has 10 atom stereocenters. The maximum Gasteiger partial charge on any atom is 0.335 e. The fraction of sp³-hybridized carbons (Fsp3) is 0.391. The number of aliphatic hydroxyl groups excluding tert-OH is 3. The smallest absolute Gasteiger partial charge is 0.335 e. The molecule has 4 heterocycles. The van der Waals surface area contributed by atoms with Crippen molar-refractivity contribution in [1.29, 1.82) is 0 Å². The Morgan fingerprint density at radius 1 is 1.09 bits per heavy atom. The first-order valence-corrected chi connectivity index (χ1v) is 23.2. The zero-order valence-corrected chi connectivity index (χ0v) is 36.6. The van der Waals surface area contributed by atoms with Crippen LogP contribution in [0.5, 0.6) is 17.2 Å². The van der Waals surface area contributed by atoms with Gasteiger partial charge in [0.2, 0.25) is 18.0 Å². The molecule has 64 heavy (non-hydrogen) atoms. The molecule has 4 aliphatic rings. The van der Waals surface area contributed by atoms with Gasteiger partial charge in [-0.25, -0.2) is 4.79 Å². The van der Waals surface area contributed by atoms with Crippen LogP contribution in [0.3, 0.4) is 0 Å². The number of hydrogen-bond donors (Lipinski definition) is 8. The Morgan fingerprint density at radius 3 is 2.55 bits per heavy atom. The van der Waals surface area contributed by atoms with Crippen LogP contribution in [-0.4, -0.2) is 122 Å². The lowest BCUT2D eigenvalue weighted by Gasteiger charge is -2.55. The maximum atomic E-state index is 13.4. The van der Waals surface area contributed by atoms with Crippen molar-refractivity contribution in [2.24, 2.45) is 28.5 Å². The van der Waals surface area contributed by atoms with Crippen molar-refractivity contribution in [3.05, 3.63) is 107 Å². The first-order valence-electron chi connectivity index (χ1n) is 20.7. The number of phenolic OH excluding ortho intramolecular Hbond substituents is 1. The van der Waals surface area contributed by atoms with E-state index in [-0.39, 0.29) is 70.7 Å². The van der Waals surface area contributed by atoms with Gasteiger partial charge in [-0.15, -0.1) is 0 Å². The number of nitrogens with zero attached hydrogens (tertiary/aromatic N) is 1. The standard InChI is InChI=1S/C46H51N3O13S2/c1-3-26-8-4-5-9-27(26)10-6-7-25(2)33-21-49-43(57)46(58)44(62-39(42(55)56)40(53)45(46,23-50)59-24-64-63-22-34(33)29-17-18-48-20-29)60-31-15-16-32-35(19-31)61-38(41(47)54)36(37(32)52)28-11-13-30(51)14-12-28/h4-6,8-17,19-20,23,25,33-34,38-40,43-44,49,51-53,57-58H,3,7,18,21-22,24H2,1-2H3,(H2,47,54)(H,55,56)/b10-6+/t25-,33-,34-,38?,39-,40+,43+,44+,45-,46-/m0/s1. The Kier molecular flexibility index (Phi) is 14.6. The molecule has 3 aromatic carbocycles. The third kappa shape index (κ3) is 9.06. The highest BCUT2D eigenvalue weighted by atomic mass is 33.1. The third-order valence-electron chi connectivity index (χ3n) is 12.3. The minimum Gasteiger partial charge on any atom is -0.508 e. The second-order valence-corrected chi connectivity index (χ2v) is 18.5. The number of primary amides is 1. The minimum absolute atomic E-state index is 0.0208. The lowest BCUT2D eigenvalue weighted by molar-refractivity contribution is -0.364. The van der Waals surface area contributed by atoms with E-state index in [4.69, 9.17) is 24.7 Å². The predicted octanol–water partition coefficient (Wildman–Crippen LogP) is 4.11. The Hall–Kier alpha value is -5.18. The molecule has 2 saturated heterocycles. The molecule has 1 amide bonds. The van der Waals surface area contributed by atoms with Crippen LogP contribution in [0.15, 0.2) is 89.4 Å². The van der Waals surface area contributed by atoms with Crippen molar-refractivity contribution in [3.63, 3.8) is 0 Å². The number of carboxylic acids is 1. The summed E-state index contributed by atoms with van der Waals surface area (Å²) < 4.78 is 23.9. The molecule has 9 N–H and O–H groups in total. The van der Waals surface area contributed by atoms with Gasteiger partial charge >= 0.3 is 5.97 Å². The molecule has 0 radical (unpaired) electrons. The summed E-state index contributed by atoms with van der Waals surface area (Å²) in [7, 11) is 2.59. The molecule has 0 bridgehead atoms. The largest absolute Gasteiger partial charge is 0.508 e. The highest BCUT2D eigenvalue weighted by Crippen LogP contribution is 2.47. The number of aldehydes is 1. The third-order valence-corrected chi connectivity index (χ3v) is 14.4. The van der Waals surface area contributed by atoms with Gasteiger partial charge in [0.1, 0.15) is 41.3 Å². The SMILES string of the molecule is CCc1ccccc1/C=C/C[C@H](C)[C@@H]1CN[C@H](O)[C@]2(O)[C@H](Oc3ccc4c(c3)OC(C(N)=O)C(c3ccc(O)cc3)=C4O)O[C@H](C(=O)O)[C@@H](O)[C@]2(C=O)OCSSC[C@H]1C1=CCN=C1. The van der Waals surface area contributed by atoms with E-state index in [0.29, 0.717) is 24.3 Å². The fourth-order valence-electron chi connectivity index (χ4n) is 8.69. The maximum absolute atomic E-state index is 13.4. The number of aliphatic carboxylic acids is 1. The van der Waals surface area contributed by atoms with Crippen LogP contribution >= 0.6 is 21.6 Å². The zero-order chi connectivity index (χ0) is 45.8. The first-order chi connectivity index (χ1) is 30.7. The summed E-state index contributed by atoms with van der Waals surface area (Å²) in [4.78, 5) is 43.2. The monoisotopic (exact) mass is 917 g/mol. The highest BCUT2D eigenvalue weighted by Gasteiger charge is 2.72. The van der Waals surface area contributed by atoms with Crippen LogP contribution in [0.1, 0.15) is 42.5 Å². The number of ether oxygens (including phenoxy) is 4. The van der Waals surface area contributed by atoms with Crippen molar-refractivity contribution in [1.82, 2.24) is 5.32 Å². The van der Waals surface area contributed by atoms with Crippen molar-refractivity contribution in [3.8, 4) is 17.2 Å². The number of nitrogens with two attached hydrogens (primary N) is 1. The summed E-state index contributed by atoms with van der Waals surface area (Å²) in [5.41, 5.74) is 3.54. The van der Waals surface area contributed by atoms with E-state index < -0.39 is 53.9 Å². The van der Waals surface area contributed by atoms with Gasteiger partial charge < -0.3 is 55.3 Å². The molecule has 3 aromatic rings. The Morgan fingerprint density at radius 2 is 1.86 bits per heavy atom. The molecular formula is C46H51N3O13S2. The van der Waals surface area contributed by atoms with Crippen LogP contribution in [0.4, 0.5) is 0 Å². The molecule has 18 heteroatoms. The summed E-state index contributed by atoms with van der Waals surface area (Å²) >= 11 is 0. The minimum atomic E-state index is -3.06. The van der Waals surface area contributed by atoms with Gasteiger partial charge in [-0.1, -0.05) is 90.1 Å². The molecule has 0 saturated carbocycles. The van der Waals surface area contributed by atoms with Crippen LogP contribution < -0.4 is 20.5 Å². The lowest BCUT2D eigenvalue weighted by atomic mass is 9.72. The van der Waals surface area contributed by atoms with Crippen LogP contribution in [0.25, 0.3) is 17.4 Å². The van der Waals surface area contributed by atoms with Gasteiger partial charge in [0, 0.05) is 24.6 Å². The molecule has 4 aliphatic heterocycles. The van der Waals surface area contributed by atoms with Gasteiger partial charge in [-0.05, 0) is 77.1 Å². The van der Waals surface area contributed by atoms with Crippen molar-refractivity contribution < 1.29 is 64.0 Å². The molecule has 16 nitrogen and oxygen atoms in total. The number of nitrogens with one attached hydrogen (secondary N) is 1. The predicted molar refractivity (Wildman–Crippen MR) is 241 cm³/mol. The van der Waals surface area contributed by atoms with E-state index in [1.165, 1.54) is 69.6 Å². The number of carbonyl (C=O) groups is 3. The van der Waals surface area contributed by atoms with Crippen LogP contribution in [-0.2, 0) is 30.3 Å². The summed E-state index contributed by atoms with van der Waals surface area (Å²) in [5.74, 6) is -3.61. The lowest BCUT2D eigenvalue weighted by Crippen LogP contribution is -2.82. The number of aromatic hydroxyl groups is 1. The average molecular weight is 918 g/mol. The van der Waals surface area contributed by atoms with E-state index in [2.05, 4.69) is 48.4 Å². The number of carbonyl (C=O) groups excluding carboxylic acids is 2. The number of carboxylic acid groups (broad SMARTS) is 1. The number of aryl methyl sites for hydroxylation is 1. The second-order valence-electron chi connectivity index (χ2n) is 16.0. The van der Waals surface area contributed by atoms with Crippen molar-refractivity contribution in [2.45, 2.75) is 68.7 Å². The van der Waals surface area contributed by atoms with Crippen molar-refractivity contribution in [2.75, 3.05) is 24.8 Å². The molecule has 7 rings (SSSR count). The van der Waals surface area contributed by atoms with Gasteiger partial charge in [0.15, 0.2) is 18.0 Å². The number of aliphatic imine (C=N–C) groups is 1. The van der Waals surface area contributed by atoms with Crippen LogP contribution in [0, 0.1) is 17.8 Å². The van der Waals surface area contributed by atoms with E-state index >= 15 is 0 Å². The van der Waals surface area contributed by atoms with E-state index in [0.717, 1.165) is 17.6 Å². The topological polar surface area (TPSA) is 260 Å². The Balaban J connectivity index is 1.24. The summed E-state index contributed by atoms with van der Waals surface area (Å²) in [6.45, 7) is 4.75. The van der Waals surface area contributed by atoms with E-state index in [9.17, 15) is 45.0 Å². The number of allylic oxidation sites excluding steroid dienone is 2. The van der Waals surface area contributed by atoms with Gasteiger partial charge in [0.05, 0.1) is 17.7 Å². The molecule has 0 aromatic heterocycles. The van der Waals surface area contributed by atoms with E-state index in [1.807, 2.05) is 24.4 Å². The second kappa shape index (κ2) is 19.9. The average Bonchev–Trinajstić information content (AvgIpc) is 3.82. The highest BCUT2D eigenvalue weighted by molar-refractivity contribution is 8.76. The number of fused-ring (bicyclic) bond motifs is 2. The number of amides is 1. The quantitative estimate of drug-likeness (QED) is 0.0940. The van der Waals surface area contributed by atoms with Gasteiger partial charge in [-0.2, -0.15) is 0 Å². The molecule has 1 unspecified atom stereocenters. The summed E-state index contributed by atoms with van der Waals surface area (Å²) in [6.07, 6.45) is -0.864. The summed E-state index contributed by atoms with van der Waals surface area (Å²) in [5, 5.41) is 71.2. The Labute approximate surface area is 377 Å². The molecular weight excluding hydrogens is 867 g/mol. The van der Waals surface area contributed by atoms with Crippen molar-refractivity contribution >= 4 is 63.4 Å². The number of rotatable bonds is 12. The Bertz CT molecular complexity index is 2340. The molecule has 0 spiro atoms. The first kappa shape index (κ1) is 46.8. The fourth-order valence-corrected chi connectivity index (χ4v) is 10.8. The molecule has 0 aliphatic carbocycles. The molecule has 340 valence electrons. The van der Waals surface area contributed by atoms with Gasteiger partial charge in [-0.3, -0.25) is 19.9 Å². The van der Waals surface area contributed by atoms with Gasteiger partial charge in [0.25, 0.3) is 5.91 Å². The number of benzene rings is 3. The summed E-state index contributed by atoms with van der Waals surface area (Å²) in [6, 6.07) is 17.7. The zero-order valence-electron chi connectivity index (χ0n) is 35.0. The molecule has 2 fully saturated rings. The van der Waals surface area contributed by atoms with E-state index in [1.54, 1.807) is 0 Å². The van der Waals surface area contributed by atoms with Crippen LogP contribution in [0.2, 0.25) is 0 Å².